The molecule has 0 spiro atoms. The third-order valence-corrected chi connectivity index (χ3v) is 1.94. The highest BCUT2D eigenvalue weighted by Crippen LogP contribution is 2.26. The molecular formula is C9H10ClNO2. The van der Waals surface area contributed by atoms with Crippen LogP contribution in [0.25, 0.3) is 0 Å². The van der Waals surface area contributed by atoms with Crippen LogP contribution in [0, 0.1) is 5.41 Å². The van der Waals surface area contributed by atoms with Crippen molar-refractivity contribution in [3.8, 4) is 5.75 Å². The van der Waals surface area contributed by atoms with Crippen LogP contribution in [0.15, 0.2) is 18.2 Å². The molecule has 1 rings (SSSR count). The molecule has 1 aromatic carbocycles. The first-order valence-corrected chi connectivity index (χ1v) is 4.04. The molecule has 0 aliphatic rings. The molecule has 0 saturated carbocycles. The summed E-state index contributed by atoms with van der Waals surface area (Å²) in [5.74, 6) is 0.543. The summed E-state index contributed by atoms with van der Waals surface area (Å²) in [6, 6.07) is 5.18. The van der Waals surface area contributed by atoms with Crippen LogP contribution in [0.2, 0.25) is 5.02 Å². The van der Waals surface area contributed by atoms with E-state index in [1.165, 1.54) is 14.2 Å². The van der Waals surface area contributed by atoms with Gasteiger partial charge in [0.2, 0.25) is 5.90 Å². The summed E-state index contributed by atoms with van der Waals surface area (Å²) in [7, 11) is 2.95. The molecule has 0 aliphatic heterocycles. The smallest absolute Gasteiger partial charge is 0.218 e. The molecule has 13 heavy (non-hydrogen) atoms. The maximum absolute atomic E-state index is 7.48. The Morgan fingerprint density at radius 2 is 2.08 bits per heavy atom. The van der Waals surface area contributed by atoms with Gasteiger partial charge in [0, 0.05) is 0 Å². The quantitative estimate of drug-likeness (QED) is 0.587. The molecule has 0 unspecified atom stereocenters. The molecule has 0 amide bonds. The number of nitrogens with one attached hydrogen (secondary N) is 1. The largest absolute Gasteiger partial charge is 0.496 e. The van der Waals surface area contributed by atoms with Crippen LogP contribution in [0.1, 0.15) is 5.56 Å². The lowest BCUT2D eigenvalue weighted by Crippen LogP contribution is -2.04. The Labute approximate surface area is 81.7 Å². The number of hydrogen-bond donors (Lipinski definition) is 1. The number of benzene rings is 1. The van der Waals surface area contributed by atoms with E-state index in [1.807, 2.05) is 0 Å². The third-order valence-electron chi connectivity index (χ3n) is 1.63. The predicted molar refractivity (Wildman–Crippen MR) is 51.8 cm³/mol. The first-order chi connectivity index (χ1) is 6.20. The topological polar surface area (TPSA) is 42.3 Å². The minimum atomic E-state index is 0.00227. The highest BCUT2D eigenvalue weighted by Gasteiger charge is 2.12. The van der Waals surface area contributed by atoms with Crippen LogP contribution in [-0.2, 0) is 4.74 Å². The third kappa shape index (κ3) is 1.92. The van der Waals surface area contributed by atoms with Gasteiger partial charge in [-0.2, -0.15) is 0 Å². The molecule has 0 bridgehead atoms. The molecule has 0 fully saturated rings. The Balaban J connectivity index is 3.22. The van der Waals surface area contributed by atoms with Gasteiger partial charge in [0.05, 0.1) is 24.8 Å². The molecular weight excluding hydrogens is 190 g/mol. The van der Waals surface area contributed by atoms with Gasteiger partial charge in [0.15, 0.2) is 0 Å². The summed E-state index contributed by atoms with van der Waals surface area (Å²) in [6.45, 7) is 0. The zero-order chi connectivity index (χ0) is 9.84. The van der Waals surface area contributed by atoms with Crippen molar-refractivity contribution in [2.24, 2.45) is 0 Å². The van der Waals surface area contributed by atoms with E-state index in [1.54, 1.807) is 18.2 Å². The summed E-state index contributed by atoms with van der Waals surface area (Å²) in [5.41, 5.74) is 0.481. The van der Waals surface area contributed by atoms with Gasteiger partial charge in [0.25, 0.3) is 0 Å². The van der Waals surface area contributed by atoms with Crippen molar-refractivity contribution in [1.82, 2.24) is 0 Å². The zero-order valence-electron chi connectivity index (χ0n) is 7.43. The van der Waals surface area contributed by atoms with E-state index in [9.17, 15) is 0 Å². The molecule has 0 saturated heterocycles. The SMILES string of the molecule is COC(=N)c1c(Cl)cccc1OC. The second kappa shape index (κ2) is 4.14. The van der Waals surface area contributed by atoms with Gasteiger partial charge in [0.1, 0.15) is 5.75 Å². The van der Waals surface area contributed by atoms with E-state index in [4.69, 9.17) is 26.5 Å². The summed E-state index contributed by atoms with van der Waals surface area (Å²) < 4.78 is 9.82. The lowest BCUT2D eigenvalue weighted by atomic mass is 10.2. The Hall–Kier alpha value is -1.22. The monoisotopic (exact) mass is 199 g/mol. The van der Waals surface area contributed by atoms with Crippen molar-refractivity contribution in [3.05, 3.63) is 28.8 Å². The fourth-order valence-electron chi connectivity index (χ4n) is 0.997. The molecule has 0 aliphatic carbocycles. The van der Waals surface area contributed by atoms with E-state index in [-0.39, 0.29) is 5.90 Å². The highest BCUT2D eigenvalue weighted by molar-refractivity contribution is 6.34. The predicted octanol–water partition coefficient (Wildman–Crippen LogP) is 2.32. The van der Waals surface area contributed by atoms with Gasteiger partial charge in [-0.15, -0.1) is 0 Å². The van der Waals surface area contributed by atoms with E-state index < -0.39 is 0 Å². The summed E-state index contributed by atoms with van der Waals surface area (Å²) in [4.78, 5) is 0. The second-order valence-electron chi connectivity index (χ2n) is 2.35. The zero-order valence-corrected chi connectivity index (χ0v) is 8.18. The van der Waals surface area contributed by atoms with E-state index in [2.05, 4.69) is 0 Å². The molecule has 1 aromatic rings. The average Bonchev–Trinajstić information content (AvgIpc) is 2.16. The second-order valence-corrected chi connectivity index (χ2v) is 2.76. The molecule has 4 heteroatoms. The summed E-state index contributed by atoms with van der Waals surface area (Å²) >= 11 is 5.88. The van der Waals surface area contributed by atoms with Gasteiger partial charge in [-0.3, -0.25) is 5.41 Å². The molecule has 0 radical (unpaired) electrons. The standard InChI is InChI=1S/C9H10ClNO2/c1-12-7-5-3-4-6(10)8(7)9(11)13-2/h3-5,11H,1-2H3. The molecule has 1 N–H and O–H groups in total. The minimum Gasteiger partial charge on any atom is -0.496 e. The average molecular weight is 200 g/mol. The Bertz CT molecular complexity index is 325. The minimum absolute atomic E-state index is 0.00227. The van der Waals surface area contributed by atoms with Crippen molar-refractivity contribution in [2.45, 2.75) is 0 Å². The van der Waals surface area contributed by atoms with Gasteiger partial charge < -0.3 is 9.47 Å². The molecule has 0 aromatic heterocycles. The van der Waals surface area contributed by atoms with Gasteiger partial charge in [-0.25, -0.2) is 0 Å². The fraction of sp³-hybridized carbons (Fsp3) is 0.222. The van der Waals surface area contributed by atoms with E-state index in [0.29, 0.717) is 16.3 Å². The lowest BCUT2D eigenvalue weighted by molar-refractivity contribution is 0.388. The van der Waals surface area contributed by atoms with Crippen LogP contribution < -0.4 is 4.74 Å². The van der Waals surface area contributed by atoms with Crippen LogP contribution in [-0.4, -0.2) is 20.1 Å². The Morgan fingerprint density at radius 1 is 1.38 bits per heavy atom. The van der Waals surface area contributed by atoms with Gasteiger partial charge in [-0.1, -0.05) is 17.7 Å². The molecule has 3 nitrogen and oxygen atoms in total. The molecule has 70 valence electrons. The maximum Gasteiger partial charge on any atom is 0.218 e. The molecule has 0 atom stereocenters. The van der Waals surface area contributed by atoms with E-state index >= 15 is 0 Å². The van der Waals surface area contributed by atoms with Crippen LogP contribution in [0.3, 0.4) is 0 Å². The summed E-state index contributed by atoms with van der Waals surface area (Å²) in [6.07, 6.45) is 0. The number of ether oxygens (including phenoxy) is 2. The van der Waals surface area contributed by atoms with Crippen molar-refractivity contribution in [3.63, 3.8) is 0 Å². The van der Waals surface area contributed by atoms with Gasteiger partial charge in [-0.05, 0) is 12.1 Å². The number of rotatable bonds is 2. The van der Waals surface area contributed by atoms with Crippen molar-refractivity contribution in [2.75, 3.05) is 14.2 Å². The van der Waals surface area contributed by atoms with Crippen LogP contribution in [0.4, 0.5) is 0 Å². The number of methoxy groups -OCH3 is 2. The first kappa shape index (κ1) is 9.86. The Morgan fingerprint density at radius 3 is 2.62 bits per heavy atom. The van der Waals surface area contributed by atoms with Crippen LogP contribution >= 0.6 is 11.6 Å². The maximum atomic E-state index is 7.48. The highest BCUT2D eigenvalue weighted by atomic mass is 35.5. The number of hydrogen-bond acceptors (Lipinski definition) is 3. The van der Waals surface area contributed by atoms with Crippen LogP contribution in [0.5, 0.6) is 5.75 Å². The number of halogens is 1. The van der Waals surface area contributed by atoms with Crippen molar-refractivity contribution >= 4 is 17.5 Å². The molecule has 0 heterocycles. The van der Waals surface area contributed by atoms with Crippen molar-refractivity contribution in [1.29, 1.82) is 5.41 Å². The van der Waals surface area contributed by atoms with E-state index in [0.717, 1.165) is 0 Å². The normalized spacial score (nSPS) is 9.46. The summed E-state index contributed by atoms with van der Waals surface area (Å²) in [5, 5.41) is 7.93. The lowest BCUT2D eigenvalue weighted by Gasteiger charge is -2.09. The van der Waals surface area contributed by atoms with Crippen molar-refractivity contribution < 1.29 is 9.47 Å². The fourth-order valence-corrected chi connectivity index (χ4v) is 1.25. The van der Waals surface area contributed by atoms with Gasteiger partial charge >= 0.3 is 0 Å². The first-order valence-electron chi connectivity index (χ1n) is 3.66. The Kier molecular flexibility index (Phi) is 3.14.